The first-order valence-corrected chi connectivity index (χ1v) is 7.10. The summed E-state index contributed by atoms with van der Waals surface area (Å²) in [7, 11) is 0. The number of hydrogen-bond acceptors (Lipinski definition) is 6. The molecule has 1 saturated carbocycles. The van der Waals surface area contributed by atoms with Gasteiger partial charge in [0.25, 0.3) is 5.69 Å². The Bertz CT molecular complexity index is 527. The number of nitrogens with one attached hydrogen (secondary N) is 1. The molecule has 0 atom stereocenters. The molecule has 7 heteroatoms. The van der Waals surface area contributed by atoms with Crippen LogP contribution in [0.15, 0.2) is 12.3 Å². The molecule has 114 valence electrons. The van der Waals surface area contributed by atoms with Crippen LogP contribution in [-0.2, 0) is 9.53 Å². The third-order valence-corrected chi connectivity index (χ3v) is 3.53. The van der Waals surface area contributed by atoms with Gasteiger partial charge in [0.05, 0.1) is 4.92 Å². The van der Waals surface area contributed by atoms with Crippen molar-refractivity contribution in [1.29, 1.82) is 0 Å². The molecule has 0 amide bonds. The molecule has 1 heterocycles. The van der Waals surface area contributed by atoms with Crippen LogP contribution in [0, 0.1) is 17.0 Å². The first-order valence-electron chi connectivity index (χ1n) is 7.10. The van der Waals surface area contributed by atoms with E-state index in [0.29, 0.717) is 11.4 Å². The van der Waals surface area contributed by atoms with Crippen LogP contribution in [0.5, 0.6) is 0 Å². The number of carbonyl (C=O) groups is 1. The van der Waals surface area contributed by atoms with Gasteiger partial charge in [-0.3, -0.25) is 14.9 Å². The van der Waals surface area contributed by atoms with Gasteiger partial charge >= 0.3 is 5.97 Å². The average Bonchev–Trinajstić information content (AvgIpc) is 2.47. The number of ether oxygens (including phenoxy) is 1. The third-order valence-electron chi connectivity index (χ3n) is 3.53. The summed E-state index contributed by atoms with van der Waals surface area (Å²) < 4.78 is 5.38. The van der Waals surface area contributed by atoms with E-state index in [4.69, 9.17) is 4.74 Å². The number of aryl methyl sites for hydroxylation is 1. The van der Waals surface area contributed by atoms with Crippen molar-refractivity contribution in [3.63, 3.8) is 0 Å². The summed E-state index contributed by atoms with van der Waals surface area (Å²) in [6.07, 6.45) is 6.48. The molecular formula is C14H19N3O4. The number of anilines is 1. The maximum Gasteiger partial charge on any atom is 0.325 e. The number of pyridine rings is 1. The third kappa shape index (κ3) is 4.40. The van der Waals surface area contributed by atoms with Gasteiger partial charge in [-0.15, -0.1) is 0 Å². The van der Waals surface area contributed by atoms with Gasteiger partial charge in [0.15, 0.2) is 0 Å². The molecule has 0 spiro atoms. The predicted molar refractivity (Wildman–Crippen MR) is 77.1 cm³/mol. The maximum atomic E-state index is 11.8. The Morgan fingerprint density at radius 3 is 2.81 bits per heavy atom. The number of nitrogens with zero attached hydrogens (tertiary/aromatic N) is 2. The lowest BCUT2D eigenvalue weighted by molar-refractivity contribution is -0.385. The van der Waals surface area contributed by atoms with E-state index >= 15 is 0 Å². The quantitative estimate of drug-likeness (QED) is 0.509. The van der Waals surface area contributed by atoms with E-state index in [9.17, 15) is 14.9 Å². The molecule has 0 unspecified atom stereocenters. The van der Waals surface area contributed by atoms with Crippen LogP contribution >= 0.6 is 0 Å². The van der Waals surface area contributed by atoms with E-state index in [1.165, 1.54) is 18.7 Å². The smallest absolute Gasteiger partial charge is 0.325 e. The van der Waals surface area contributed by atoms with Crippen molar-refractivity contribution in [2.45, 2.75) is 45.1 Å². The van der Waals surface area contributed by atoms with Crippen molar-refractivity contribution in [2.24, 2.45) is 0 Å². The molecule has 1 aliphatic carbocycles. The number of esters is 1. The van der Waals surface area contributed by atoms with Gasteiger partial charge in [-0.1, -0.05) is 6.42 Å². The molecule has 0 radical (unpaired) electrons. The van der Waals surface area contributed by atoms with Crippen molar-refractivity contribution >= 4 is 17.5 Å². The maximum absolute atomic E-state index is 11.8. The fraction of sp³-hybridized carbons (Fsp3) is 0.571. The second-order valence-electron chi connectivity index (χ2n) is 5.22. The molecule has 1 aliphatic rings. The van der Waals surface area contributed by atoms with Crippen molar-refractivity contribution in [1.82, 2.24) is 4.98 Å². The lowest BCUT2D eigenvalue weighted by atomic mass is 9.98. The predicted octanol–water partition coefficient (Wildman–Crippen LogP) is 2.59. The summed E-state index contributed by atoms with van der Waals surface area (Å²) >= 11 is 0. The molecule has 1 aromatic heterocycles. The number of nitro groups is 1. The van der Waals surface area contributed by atoms with Gasteiger partial charge in [0.1, 0.15) is 24.7 Å². The van der Waals surface area contributed by atoms with Crippen molar-refractivity contribution in [3.05, 3.63) is 27.9 Å². The van der Waals surface area contributed by atoms with E-state index in [0.717, 1.165) is 25.7 Å². The summed E-state index contributed by atoms with van der Waals surface area (Å²) in [4.78, 5) is 25.8. The fourth-order valence-corrected chi connectivity index (χ4v) is 2.41. The van der Waals surface area contributed by atoms with Crippen molar-refractivity contribution in [3.8, 4) is 0 Å². The Labute approximate surface area is 122 Å². The first-order chi connectivity index (χ1) is 10.1. The molecule has 0 saturated heterocycles. The van der Waals surface area contributed by atoms with E-state index < -0.39 is 4.92 Å². The van der Waals surface area contributed by atoms with Crippen LogP contribution in [0.2, 0.25) is 0 Å². The molecule has 21 heavy (non-hydrogen) atoms. The number of carbonyl (C=O) groups excluding carboxylic acids is 1. The Hall–Kier alpha value is -2.18. The number of rotatable bonds is 5. The zero-order valence-electron chi connectivity index (χ0n) is 12.0. The van der Waals surface area contributed by atoms with Gasteiger partial charge in [0.2, 0.25) is 0 Å². The summed E-state index contributed by atoms with van der Waals surface area (Å²) in [5.74, 6) is 0.141. The van der Waals surface area contributed by atoms with Crippen LogP contribution in [0.4, 0.5) is 11.5 Å². The van der Waals surface area contributed by atoms with E-state index in [2.05, 4.69) is 10.3 Å². The molecule has 0 aromatic carbocycles. The molecule has 1 aromatic rings. The second-order valence-corrected chi connectivity index (χ2v) is 5.22. The van der Waals surface area contributed by atoms with Gasteiger partial charge in [-0.05, 0) is 38.2 Å². The first kappa shape index (κ1) is 15.2. The van der Waals surface area contributed by atoms with Crippen molar-refractivity contribution < 1.29 is 14.5 Å². The lowest BCUT2D eigenvalue weighted by Gasteiger charge is -2.21. The number of aromatic nitrogens is 1. The normalized spacial score (nSPS) is 15.5. The highest BCUT2D eigenvalue weighted by atomic mass is 16.6. The fourth-order valence-electron chi connectivity index (χ4n) is 2.41. The van der Waals surface area contributed by atoms with Gasteiger partial charge in [0, 0.05) is 6.07 Å². The lowest BCUT2D eigenvalue weighted by Crippen LogP contribution is -2.25. The van der Waals surface area contributed by atoms with Crippen LogP contribution in [0.3, 0.4) is 0 Å². The Morgan fingerprint density at radius 1 is 1.48 bits per heavy atom. The van der Waals surface area contributed by atoms with E-state index in [1.54, 1.807) is 6.92 Å². The van der Waals surface area contributed by atoms with Gasteiger partial charge < -0.3 is 10.1 Å². The van der Waals surface area contributed by atoms with Gasteiger partial charge in [-0.2, -0.15) is 0 Å². The Balaban J connectivity index is 1.84. The highest BCUT2D eigenvalue weighted by molar-refractivity contribution is 5.75. The largest absolute Gasteiger partial charge is 0.461 e. The second kappa shape index (κ2) is 7.01. The summed E-state index contributed by atoms with van der Waals surface area (Å²) in [5, 5.41) is 13.5. The molecule has 0 bridgehead atoms. The van der Waals surface area contributed by atoms with Crippen LogP contribution in [-0.4, -0.2) is 28.5 Å². The zero-order chi connectivity index (χ0) is 15.2. The van der Waals surface area contributed by atoms with Crippen LogP contribution in [0.1, 0.15) is 37.7 Å². The van der Waals surface area contributed by atoms with Crippen LogP contribution < -0.4 is 5.32 Å². The Kier molecular flexibility index (Phi) is 5.08. The SMILES string of the molecule is Cc1cc([N+](=O)[O-])cnc1NCC(=O)OC1CCCCC1. The highest BCUT2D eigenvalue weighted by Crippen LogP contribution is 2.21. The summed E-state index contributed by atoms with van der Waals surface area (Å²) in [6.45, 7) is 1.72. The van der Waals surface area contributed by atoms with Gasteiger partial charge in [-0.25, -0.2) is 4.98 Å². The molecule has 1 N–H and O–H groups in total. The molecule has 0 aliphatic heterocycles. The number of hydrogen-bond donors (Lipinski definition) is 1. The monoisotopic (exact) mass is 293 g/mol. The molecule has 1 fully saturated rings. The minimum absolute atomic E-state index is 0.0160. The molecule has 7 nitrogen and oxygen atoms in total. The average molecular weight is 293 g/mol. The summed E-state index contributed by atoms with van der Waals surface area (Å²) in [6, 6.07) is 1.42. The highest BCUT2D eigenvalue weighted by Gasteiger charge is 2.18. The molecular weight excluding hydrogens is 274 g/mol. The van der Waals surface area contributed by atoms with E-state index in [-0.39, 0.29) is 24.3 Å². The molecule has 2 rings (SSSR count). The summed E-state index contributed by atoms with van der Waals surface area (Å²) in [5.41, 5.74) is 0.553. The minimum Gasteiger partial charge on any atom is -0.461 e. The zero-order valence-corrected chi connectivity index (χ0v) is 12.0. The minimum atomic E-state index is -0.499. The Morgan fingerprint density at radius 2 is 2.19 bits per heavy atom. The van der Waals surface area contributed by atoms with E-state index in [1.807, 2.05) is 0 Å². The standard InChI is InChI=1S/C14H19N3O4/c1-10-7-11(17(19)20)8-15-14(10)16-9-13(18)21-12-5-3-2-4-6-12/h7-8,12H,2-6,9H2,1H3,(H,15,16). The van der Waals surface area contributed by atoms with Crippen LogP contribution in [0.25, 0.3) is 0 Å². The van der Waals surface area contributed by atoms with Crippen molar-refractivity contribution in [2.75, 3.05) is 11.9 Å². The topological polar surface area (TPSA) is 94.4 Å².